The number of H-pyrrole nitrogens is 1. The van der Waals surface area contributed by atoms with Gasteiger partial charge in [-0.25, -0.2) is 0 Å². The molecule has 0 aliphatic carbocycles. The standard InChI is InChI=1S/C12H13ClN4O2/c1-6(2)10-11(15-16-12(10)14)7-3-8(13)5-9(4-7)17(18)19/h3-6H,1-2H3,(H3,14,15,16). The number of halogens is 1. The normalized spacial score (nSPS) is 10.9. The van der Waals surface area contributed by atoms with E-state index in [2.05, 4.69) is 10.2 Å². The minimum absolute atomic E-state index is 0.0645. The number of benzene rings is 1. The molecule has 0 saturated heterocycles. The van der Waals surface area contributed by atoms with Gasteiger partial charge in [-0.1, -0.05) is 25.4 Å². The van der Waals surface area contributed by atoms with Gasteiger partial charge in [-0.2, -0.15) is 5.10 Å². The van der Waals surface area contributed by atoms with E-state index < -0.39 is 4.92 Å². The second kappa shape index (κ2) is 4.89. The van der Waals surface area contributed by atoms with Gasteiger partial charge in [-0.15, -0.1) is 0 Å². The van der Waals surface area contributed by atoms with Crippen LogP contribution in [0.15, 0.2) is 18.2 Å². The Morgan fingerprint density at radius 2 is 2.11 bits per heavy atom. The first-order chi connectivity index (χ1) is 8.90. The van der Waals surface area contributed by atoms with Crippen molar-refractivity contribution in [2.45, 2.75) is 19.8 Å². The highest BCUT2D eigenvalue weighted by atomic mass is 35.5. The lowest BCUT2D eigenvalue weighted by molar-refractivity contribution is -0.384. The first kappa shape index (κ1) is 13.4. The predicted molar refractivity (Wildman–Crippen MR) is 74.2 cm³/mol. The summed E-state index contributed by atoms with van der Waals surface area (Å²) in [6, 6.07) is 4.40. The lowest BCUT2D eigenvalue weighted by Crippen LogP contribution is -1.96. The average molecular weight is 281 g/mol. The lowest BCUT2D eigenvalue weighted by atomic mass is 9.98. The molecular weight excluding hydrogens is 268 g/mol. The zero-order chi connectivity index (χ0) is 14.2. The zero-order valence-corrected chi connectivity index (χ0v) is 11.2. The van der Waals surface area contributed by atoms with Gasteiger partial charge in [0.05, 0.1) is 10.6 Å². The van der Waals surface area contributed by atoms with E-state index in [-0.39, 0.29) is 11.6 Å². The first-order valence-corrected chi connectivity index (χ1v) is 6.07. The Labute approximate surface area is 114 Å². The van der Waals surface area contributed by atoms with Crippen molar-refractivity contribution in [3.05, 3.63) is 38.9 Å². The van der Waals surface area contributed by atoms with E-state index in [0.717, 1.165) is 5.56 Å². The molecule has 7 heteroatoms. The zero-order valence-electron chi connectivity index (χ0n) is 10.5. The van der Waals surface area contributed by atoms with Gasteiger partial charge < -0.3 is 5.73 Å². The quantitative estimate of drug-likeness (QED) is 0.665. The summed E-state index contributed by atoms with van der Waals surface area (Å²) in [5, 5.41) is 17.9. The molecule has 2 rings (SSSR count). The van der Waals surface area contributed by atoms with Crippen LogP contribution in [0.2, 0.25) is 5.02 Å². The third-order valence-electron chi connectivity index (χ3n) is 2.79. The Kier molecular flexibility index (Phi) is 3.44. The smallest absolute Gasteiger partial charge is 0.271 e. The number of nitrogens with one attached hydrogen (secondary N) is 1. The number of nitrogen functional groups attached to an aromatic ring is 1. The molecule has 0 saturated carbocycles. The van der Waals surface area contributed by atoms with Gasteiger partial charge in [0.1, 0.15) is 5.82 Å². The molecule has 0 aliphatic heterocycles. The number of nitro groups is 1. The van der Waals surface area contributed by atoms with Crippen LogP contribution in [0.5, 0.6) is 0 Å². The Bertz CT molecular complexity index is 637. The van der Waals surface area contributed by atoms with Gasteiger partial charge in [0, 0.05) is 28.3 Å². The third-order valence-corrected chi connectivity index (χ3v) is 3.01. The molecule has 2 aromatic rings. The Morgan fingerprint density at radius 1 is 1.42 bits per heavy atom. The molecule has 100 valence electrons. The van der Waals surface area contributed by atoms with Crippen molar-refractivity contribution in [2.75, 3.05) is 5.73 Å². The molecule has 0 atom stereocenters. The molecule has 1 aromatic heterocycles. The van der Waals surface area contributed by atoms with Gasteiger partial charge in [0.25, 0.3) is 5.69 Å². The highest BCUT2D eigenvalue weighted by Gasteiger charge is 2.18. The summed E-state index contributed by atoms with van der Waals surface area (Å²) in [5.41, 5.74) is 7.84. The van der Waals surface area contributed by atoms with Crippen molar-refractivity contribution in [1.82, 2.24) is 10.2 Å². The topological polar surface area (TPSA) is 97.8 Å². The summed E-state index contributed by atoms with van der Waals surface area (Å²) in [4.78, 5) is 10.4. The monoisotopic (exact) mass is 280 g/mol. The van der Waals surface area contributed by atoms with Crippen molar-refractivity contribution < 1.29 is 4.92 Å². The van der Waals surface area contributed by atoms with E-state index in [1.54, 1.807) is 6.07 Å². The van der Waals surface area contributed by atoms with E-state index in [1.165, 1.54) is 12.1 Å². The number of aromatic amines is 1. The number of hydrogen-bond acceptors (Lipinski definition) is 4. The Morgan fingerprint density at radius 3 is 2.68 bits per heavy atom. The number of rotatable bonds is 3. The summed E-state index contributed by atoms with van der Waals surface area (Å²) in [6.45, 7) is 3.95. The molecular formula is C12H13ClN4O2. The molecule has 1 aromatic carbocycles. The Hall–Kier alpha value is -2.08. The minimum atomic E-state index is -0.482. The second-order valence-corrected chi connectivity index (χ2v) is 4.94. The highest BCUT2D eigenvalue weighted by Crippen LogP contribution is 2.34. The van der Waals surface area contributed by atoms with Crippen LogP contribution in [0.1, 0.15) is 25.3 Å². The van der Waals surface area contributed by atoms with Crippen molar-refractivity contribution in [3.8, 4) is 11.3 Å². The molecule has 1 heterocycles. The summed E-state index contributed by atoms with van der Waals surface area (Å²) < 4.78 is 0. The maximum Gasteiger partial charge on any atom is 0.271 e. The summed E-state index contributed by atoms with van der Waals surface area (Å²) in [7, 11) is 0. The third kappa shape index (κ3) is 2.53. The number of non-ortho nitro benzene ring substituents is 1. The van der Waals surface area contributed by atoms with Gasteiger partial charge in [0.15, 0.2) is 0 Å². The maximum absolute atomic E-state index is 10.9. The van der Waals surface area contributed by atoms with Gasteiger partial charge in [-0.3, -0.25) is 15.2 Å². The number of anilines is 1. The van der Waals surface area contributed by atoms with Gasteiger partial charge in [0.2, 0.25) is 0 Å². The first-order valence-electron chi connectivity index (χ1n) is 5.69. The molecule has 0 fully saturated rings. The molecule has 0 bridgehead atoms. The molecule has 0 unspecified atom stereocenters. The fraction of sp³-hybridized carbons (Fsp3) is 0.250. The van der Waals surface area contributed by atoms with Crippen LogP contribution < -0.4 is 5.73 Å². The van der Waals surface area contributed by atoms with E-state index in [0.29, 0.717) is 22.1 Å². The number of nitro benzene ring substituents is 1. The fourth-order valence-electron chi connectivity index (χ4n) is 1.99. The second-order valence-electron chi connectivity index (χ2n) is 4.51. The number of aromatic nitrogens is 2. The fourth-order valence-corrected chi connectivity index (χ4v) is 2.22. The van der Waals surface area contributed by atoms with Crippen LogP contribution in [0.4, 0.5) is 11.5 Å². The van der Waals surface area contributed by atoms with E-state index in [9.17, 15) is 10.1 Å². The number of nitrogens with zero attached hydrogens (tertiary/aromatic N) is 2. The largest absolute Gasteiger partial charge is 0.382 e. The molecule has 0 spiro atoms. The molecule has 0 amide bonds. The minimum Gasteiger partial charge on any atom is -0.382 e. The van der Waals surface area contributed by atoms with Crippen LogP contribution >= 0.6 is 11.6 Å². The SMILES string of the molecule is CC(C)c1c(N)n[nH]c1-c1cc(Cl)cc([N+](=O)[O-])c1. The molecule has 3 N–H and O–H groups in total. The van der Waals surface area contributed by atoms with Crippen LogP contribution in [0, 0.1) is 10.1 Å². The summed E-state index contributed by atoms with van der Waals surface area (Å²) in [5.74, 6) is 0.541. The number of hydrogen-bond donors (Lipinski definition) is 2. The maximum atomic E-state index is 10.9. The average Bonchev–Trinajstić information content (AvgIpc) is 2.70. The molecule has 6 nitrogen and oxygen atoms in total. The molecule has 0 aliphatic rings. The van der Waals surface area contributed by atoms with Crippen LogP contribution in [-0.4, -0.2) is 15.1 Å². The molecule has 0 radical (unpaired) electrons. The van der Waals surface area contributed by atoms with Gasteiger partial charge in [-0.05, 0) is 12.0 Å². The summed E-state index contributed by atoms with van der Waals surface area (Å²) >= 11 is 5.91. The Balaban J connectivity index is 2.62. The van der Waals surface area contributed by atoms with Crippen LogP contribution in [-0.2, 0) is 0 Å². The van der Waals surface area contributed by atoms with E-state index in [4.69, 9.17) is 17.3 Å². The van der Waals surface area contributed by atoms with Crippen LogP contribution in [0.25, 0.3) is 11.3 Å². The van der Waals surface area contributed by atoms with E-state index >= 15 is 0 Å². The van der Waals surface area contributed by atoms with Crippen LogP contribution in [0.3, 0.4) is 0 Å². The lowest BCUT2D eigenvalue weighted by Gasteiger charge is -2.07. The predicted octanol–water partition coefficient (Wildman–Crippen LogP) is 3.34. The molecule has 19 heavy (non-hydrogen) atoms. The van der Waals surface area contributed by atoms with Crippen molar-refractivity contribution in [2.24, 2.45) is 0 Å². The van der Waals surface area contributed by atoms with Crippen molar-refractivity contribution in [1.29, 1.82) is 0 Å². The summed E-state index contributed by atoms with van der Waals surface area (Å²) in [6.07, 6.45) is 0. The van der Waals surface area contributed by atoms with E-state index in [1.807, 2.05) is 13.8 Å². The van der Waals surface area contributed by atoms with Gasteiger partial charge >= 0.3 is 0 Å². The highest BCUT2D eigenvalue weighted by molar-refractivity contribution is 6.31. The number of nitrogens with two attached hydrogens (primary N) is 1. The van der Waals surface area contributed by atoms with Crippen molar-refractivity contribution >= 4 is 23.1 Å². The van der Waals surface area contributed by atoms with Crippen molar-refractivity contribution in [3.63, 3.8) is 0 Å².